The van der Waals surface area contributed by atoms with Gasteiger partial charge < -0.3 is 4.74 Å². The Morgan fingerprint density at radius 1 is 1.35 bits per heavy atom. The fraction of sp³-hybridized carbons (Fsp3) is 0.438. The summed E-state index contributed by atoms with van der Waals surface area (Å²) < 4.78 is 5.21. The smallest absolute Gasteiger partial charge is 0.134 e. The lowest BCUT2D eigenvalue weighted by atomic mass is 10.1. The normalized spacial score (nSPS) is 12.9. The summed E-state index contributed by atoms with van der Waals surface area (Å²) in [7, 11) is 3.76. The van der Waals surface area contributed by atoms with Gasteiger partial charge in [0.25, 0.3) is 0 Å². The molecule has 0 bridgehead atoms. The highest BCUT2D eigenvalue weighted by atomic mass is 35.5. The first-order chi connectivity index (χ1) is 9.55. The van der Waals surface area contributed by atoms with Crippen LogP contribution in [-0.2, 0) is 6.54 Å². The lowest BCUT2D eigenvalue weighted by molar-refractivity contribution is 0.244. The van der Waals surface area contributed by atoms with Crippen LogP contribution in [0.2, 0.25) is 5.15 Å². The van der Waals surface area contributed by atoms with Crippen molar-refractivity contribution in [1.29, 1.82) is 0 Å². The number of fused-ring (bicyclic) bond motifs is 1. The summed E-state index contributed by atoms with van der Waals surface area (Å²) in [6.45, 7) is 5.21. The largest absolute Gasteiger partial charge is 0.497 e. The highest BCUT2D eigenvalue weighted by molar-refractivity contribution is 6.30. The van der Waals surface area contributed by atoms with Crippen LogP contribution < -0.4 is 4.74 Å². The Hall–Kier alpha value is -1.32. The molecule has 0 saturated carbocycles. The molecule has 108 valence electrons. The lowest BCUT2D eigenvalue weighted by Crippen LogP contribution is -2.27. The van der Waals surface area contributed by atoms with E-state index < -0.39 is 0 Å². The predicted molar refractivity (Wildman–Crippen MR) is 84.5 cm³/mol. The number of benzene rings is 1. The van der Waals surface area contributed by atoms with Gasteiger partial charge in [0.2, 0.25) is 0 Å². The van der Waals surface area contributed by atoms with E-state index in [1.165, 1.54) is 0 Å². The van der Waals surface area contributed by atoms with Crippen molar-refractivity contribution in [1.82, 2.24) is 9.88 Å². The minimum atomic E-state index is 0.526. The van der Waals surface area contributed by atoms with Gasteiger partial charge in [-0.15, -0.1) is 0 Å². The molecule has 1 heterocycles. The quantitative estimate of drug-likeness (QED) is 0.775. The molecule has 0 aliphatic carbocycles. The highest BCUT2D eigenvalue weighted by Gasteiger charge is 2.11. The maximum atomic E-state index is 6.31. The molecule has 0 spiro atoms. The second-order valence-electron chi connectivity index (χ2n) is 5.17. The van der Waals surface area contributed by atoms with Gasteiger partial charge in [-0.1, -0.05) is 18.5 Å². The summed E-state index contributed by atoms with van der Waals surface area (Å²) in [4.78, 5) is 6.77. The predicted octanol–water partition coefficient (Wildman–Crippen LogP) is 4.13. The molecule has 1 unspecified atom stereocenters. The molecule has 1 aromatic carbocycles. The molecule has 0 amide bonds. The molecule has 0 radical (unpaired) electrons. The minimum Gasteiger partial charge on any atom is -0.497 e. The van der Waals surface area contributed by atoms with Crippen molar-refractivity contribution in [2.45, 2.75) is 32.9 Å². The first kappa shape index (κ1) is 15.1. The van der Waals surface area contributed by atoms with Crippen molar-refractivity contribution in [3.05, 3.63) is 35.0 Å². The molecule has 4 heteroatoms. The molecule has 0 N–H and O–H groups in total. The summed E-state index contributed by atoms with van der Waals surface area (Å²) in [5.74, 6) is 0.797. The van der Waals surface area contributed by atoms with Gasteiger partial charge in [-0.2, -0.15) is 0 Å². The van der Waals surface area contributed by atoms with Crippen LogP contribution in [0, 0.1) is 0 Å². The number of aromatic nitrogens is 1. The number of rotatable bonds is 5. The van der Waals surface area contributed by atoms with E-state index in [0.717, 1.165) is 35.2 Å². The van der Waals surface area contributed by atoms with E-state index in [2.05, 4.69) is 36.8 Å². The van der Waals surface area contributed by atoms with Crippen molar-refractivity contribution >= 4 is 22.5 Å². The van der Waals surface area contributed by atoms with Crippen molar-refractivity contribution in [3.63, 3.8) is 0 Å². The first-order valence-electron chi connectivity index (χ1n) is 6.88. The number of pyridine rings is 1. The number of nitrogens with zero attached hydrogens (tertiary/aromatic N) is 2. The van der Waals surface area contributed by atoms with Crippen LogP contribution in [-0.4, -0.2) is 30.1 Å². The molecule has 3 nitrogen and oxygen atoms in total. The van der Waals surface area contributed by atoms with Crippen LogP contribution in [0.1, 0.15) is 25.8 Å². The Labute approximate surface area is 125 Å². The number of ether oxygens (including phenoxy) is 1. The molecule has 2 rings (SSSR count). The Balaban J connectivity index is 2.33. The Bertz CT molecular complexity index is 600. The maximum Gasteiger partial charge on any atom is 0.134 e. The van der Waals surface area contributed by atoms with Gasteiger partial charge >= 0.3 is 0 Å². The molecule has 1 atom stereocenters. The average molecular weight is 293 g/mol. The topological polar surface area (TPSA) is 25.4 Å². The lowest BCUT2D eigenvalue weighted by Gasteiger charge is -2.23. The zero-order chi connectivity index (χ0) is 14.7. The van der Waals surface area contributed by atoms with Gasteiger partial charge in [0.05, 0.1) is 12.6 Å². The van der Waals surface area contributed by atoms with E-state index >= 15 is 0 Å². The summed E-state index contributed by atoms with van der Waals surface area (Å²) >= 11 is 6.31. The van der Waals surface area contributed by atoms with E-state index in [-0.39, 0.29) is 0 Å². The van der Waals surface area contributed by atoms with Crippen molar-refractivity contribution in [3.8, 4) is 5.75 Å². The van der Waals surface area contributed by atoms with Gasteiger partial charge in [-0.3, -0.25) is 4.90 Å². The monoisotopic (exact) mass is 292 g/mol. The number of halogens is 1. The third-order valence-corrected chi connectivity index (χ3v) is 4.14. The minimum absolute atomic E-state index is 0.526. The van der Waals surface area contributed by atoms with Crippen LogP contribution >= 0.6 is 11.6 Å². The van der Waals surface area contributed by atoms with Gasteiger partial charge in [-0.05, 0) is 38.6 Å². The van der Waals surface area contributed by atoms with Gasteiger partial charge in [0.15, 0.2) is 0 Å². The van der Waals surface area contributed by atoms with E-state index in [0.29, 0.717) is 11.2 Å². The van der Waals surface area contributed by atoms with Crippen LogP contribution in [0.3, 0.4) is 0 Å². The second-order valence-corrected chi connectivity index (χ2v) is 5.53. The zero-order valence-electron chi connectivity index (χ0n) is 12.5. The molecule has 20 heavy (non-hydrogen) atoms. The number of hydrogen-bond acceptors (Lipinski definition) is 3. The summed E-state index contributed by atoms with van der Waals surface area (Å²) in [6.07, 6.45) is 1.12. The number of methoxy groups -OCH3 is 1. The van der Waals surface area contributed by atoms with Crippen molar-refractivity contribution in [2.75, 3.05) is 14.2 Å². The fourth-order valence-electron chi connectivity index (χ4n) is 2.14. The molecule has 0 aliphatic heterocycles. The van der Waals surface area contributed by atoms with Gasteiger partial charge in [0.1, 0.15) is 10.9 Å². The van der Waals surface area contributed by atoms with E-state index in [9.17, 15) is 0 Å². The van der Waals surface area contributed by atoms with Crippen molar-refractivity contribution in [2.24, 2.45) is 0 Å². The third kappa shape index (κ3) is 3.22. The van der Waals surface area contributed by atoms with E-state index in [1.54, 1.807) is 7.11 Å². The molecule has 0 aliphatic rings. The van der Waals surface area contributed by atoms with Gasteiger partial charge in [-0.25, -0.2) is 4.98 Å². The molecular formula is C16H21ClN2O. The SMILES string of the molecule is CCC(C)N(C)Cc1cc2ccc(OC)cc2nc1Cl. The Morgan fingerprint density at radius 3 is 2.75 bits per heavy atom. The van der Waals surface area contributed by atoms with E-state index in [1.807, 2.05) is 18.2 Å². The standard InChI is InChI=1S/C16H21ClN2O/c1-5-11(2)19(3)10-13-8-12-6-7-14(20-4)9-15(12)18-16(13)17/h6-9,11H,5,10H2,1-4H3. The fourth-order valence-corrected chi connectivity index (χ4v) is 2.35. The van der Waals surface area contributed by atoms with E-state index in [4.69, 9.17) is 16.3 Å². The van der Waals surface area contributed by atoms with Crippen LogP contribution in [0.25, 0.3) is 10.9 Å². The van der Waals surface area contributed by atoms with Crippen LogP contribution in [0.4, 0.5) is 0 Å². The Morgan fingerprint density at radius 2 is 2.10 bits per heavy atom. The summed E-state index contributed by atoms with van der Waals surface area (Å²) in [5, 5.41) is 1.66. The van der Waals surface area contributed by atoms with Crippen molar-refractivity contribution < 1.29 is 4.74 Å². The van der Waals surface area contributed by atoms with Gasteiger partial charge in [0, 0.05) is 29.6 Å². The maximum absolute atomic E-state index is 6.31. The summed E-state index contributed by atoms with van der Waals surface area (Å²) in [6, 6.07) is 8.51. The average Bonchev–Trinajstić information content (AvgIpc) is 2.46. The molecule has 0 saturated heterocycles. The third-order valence-electron chi connectivity index (χ3n) is 3.81. The summed E-state index contributed by atoms with van der Waals surface area (Å²) in [5.41, 5.74) is 1.93. The molecule has 2 aromatic rings. The second kappa shape index (κ2) is 6.42. The first-order valence-corrected chi connectivity index (χ1v) is 7.26. The van der Waals surface area contributed by atoms with Crippen LogP contribution in [0.5, 0.6) is 5.75 Å². The molecule has 1 aromatic heterocycles. The molecular weight excluding hydrogens is 272 g/mol. The highest BCUT2D eigenvalue weighted by Crippen LogP contribution is 2.25. The zero-order valence-corrected chi connectivity index (χ0v) is 13.2. The molecule has 0 fully saturated rings. The van der Waals surface area contributed by atoms with Crippen LogP contribution in [0.15, 0.2) is 24.3 Å². The number of hydrogen-bond donors (Lipinski definition) is 0. The Kier molecular flexibility index (Phi) is 4.84.